The van der Waals surface area contributed by atoms with Crippen LogP contribution in [0.15, 0.2) is 0 Å². The number of rotatable bonds is 6. The minimum Gasteiger partial charge on any atom is -0.378 e. The maximum absolute atomic E-state index is 12.9. The molecule has 1 rings (SSSR count). The van der Waals surface area contributed by atoms with E-state index in [9.17, 15) is 21.6 Å². The highest BCUT2D eigenvalue weighted by Gasteiger charge is 2.46. The Labute approximate surface area is 118 Å². The molecule has 0 saturated heterocycles. The third-order valence-corrected chi connectivity index (χ3v) is 4.69. The van der Waals surface area contributed by atoms with Gasteiger partial charge in [0.25, 0.3) is 0 Å². The maximum atomic E-state index is 12.9. The molecule has 0 spiro atoms. The summed E-state index contributed by atoms with van der Waals surface area (Å²) in [5.41, 5.74) is 0. The summed E-state index contributed by atoms with van der Waals surface area (Å²) < 4.78 is 69.5. The summed E-state index contributed by atoms with van der Waals surface area (Å²) in [5, 5.41) is 0. The highest BCUT2D eigenvalue weighted by molar-refractivity contribution is 7.89. The zero-order valence-corrected chi connectivity index (χ0v) is 12.6. The standard InChI is InChI=1S/C12H22F3NO3S/c1-9(2)19-7-8-20(17,18)16-11-6-4-3-5-10(11)12(13,14)15/h9-11,16H,3-8H2,1-2H3/t10-,11+/m1/s1. The van der Waals surface area contributed by atoms with Crippen LogP contribution in [0.4, 0.5) is 13.2 Å². The van der Waals surface area contributed by atoms with E-state index in [1.165, 1.54) is 0 Å². The van der Waals surface area contributed by atoms with Crippen LogP contribution in [0.25, 0.3) is 0 Å². The van der Waals surface area contributed by atoms with Gasteiger partial charge in [0, 0.05) is 6.04 Å². The summed E-state index contributed by atoms with van der Waals surface area (Å²) in [6.07, 6.45) is -3.15. The van der Waals surface area contributed by atoms with E-state index in [0.717, 1.165) is 0 Å². The van der Waals surface area contributed by atoms with Crippen molar-refractivity contribution >= 4 is 10.0 Å². The molecule has 0 radical (unpaired) electrons. The second-order valence-electron chi connectivity index (χ2n) is 5.40. The van der Waals surface area contributed by atoms with Crippen LogP contribution in [-0.2, 0) is 14.8 Å². The van der Waals surface area contributed by atoms with Gasteiger partial charge in [0.05, 0.1) is 24.4 Å². The van der Waals surface area contributed by atoms with Crippen molar-refractivity contribution in [3.8, 4) is 0 Å². The van der Waals surface area contributed by atoms with Crippen LogP contribution >= 0.6 is 0 Å². The summed E-state index contributed by atoms with van der Waals surface area (Å²) >= 11 is 0. The van der Waals surface area contributed by atoms with E-state index in [0.29, 0.717) is 12.8 Å². The van der Waals surface area contributed by atoms with Gasteiger partial charge in [-0.05, 0) is 26.7 Å². The molecular formula is C12H22F3NO3S. The second-order valence-corrected chi connectivity index (χ2v) is 7.27. The SMILES string of the molecule is CC(C)OCCS(=O)(=O)N[C@H]1CCCC[C@H]1C(F)(F)F. The minimum absolute atomic E-state index is 0.0147. The topological polar surface area (TPSA) is 55.4 Å². The fraction of sp³-hybridized carbons (Fsp3) is 1.00. The van der Waals surface area contributed by atoms with Crippen molar-refractivity contribution < 1.29 is 26.3 Å². The number of sulfonamides is 1. The van der Waals surface area contributed by atoms with E-state index in [1.54, 1.807) is 13.8 Å². The average Bonchev–Trinajstić information content (AvgIpc) is 2.26. The number of alkyl halides is 3. The Balaban J connectivity index is 2.59. The van der Waals surface area contributed by atoms with E-state index in [-0.39, 0.29) is 31.3 Å². The van der Waals surface area contributed by atoms with Crippen LogP contribution in [0.1, 0.15) is 39.5 Å². The highest BCUT2D eigenvalue weighted by atomic mass is 32.2. The first-order valence-corrected chi connectivity index (χ1v) is 8.45. The summed E-state index contributed by atoms with van der Waals surface area (Å²) in [6, 6.07) is -1.05. The number of hydrogen-bond donors (Lipinski definition) is 1. The molecule has 20 heavy (non-hydrogen) atoms. The lowest BCUT2D eigenvalue weighted by Crippen LogP contribution is -2.48. The van der Waals surface area contributed by atoms with Crippen molar-refractivity contribution in [2.45, 2.75) is 57.9 Å². The molecule has 0 amide bonds. The highest BCUT2D eigenvalue weighted by Crippen LogP contribution is 2.37. The van der Waals surface area contributed by atoms with Crippen LogP contribution in [0, 0.1) is 5.92 Å². The molecule has 0 aliphatic heterocycles. The molecule has 1 aliphatic rings. The zero-order chi connectivity index (χ0) is 15.4. The van der Waals surface area contributed by atoms with Crippen molar-refractivity contribution in [1.82, 2.24) is 4.72 Å². The predicted octanol–water partition coefficient (Wildman–Crippen LogP) is 2.45. The third kappa shape index (κ3) is 5.97. The lowest BCUT2D eigenvalue weighted by molar-refractivity contribution is -0.187. The van der Waals surface area contributed by atoms with Crippen molar-refractivity contribution in [3.63, 3.8) is 0 Å². The van der Waals surface area contributed by atoms with Gasteiger partial charge in [-0.25, -0.2) is 13.1 Å². The Morgan fingerprint density at radius 3 is 2.40 bits per heavy atom. The van der Waals surface area contributed by atoms with Gasteiger partial charge in [-0.2, -0.15) is 13.2 Å². The fourth-order valence-electron chi connectivity index (χ4n) is 2.35. The van der Waals surface area contributed by atoms with Gasteiger partial charge in [-0.3, -0.25) is 0 Å². The van der Waals surface area contributed by atoms with Gasteiger partial charge in [0.1, 0.15) is 0 Å². The summed E-state index contributed by atoms with van der Waals surface area (Å²) in [7, 11) is -3.75. The number of hydrogen-bond acceptors (Lipinski definition) is 3. The first-order valence-electron chi connectivity index (χ1n) is 6.80. The van der Waals surface area contributed by atoms with Crippen molar-refractivity contribution in [2.24, 2.45) is 5.92 Å². The molecule has 0 bridgehead atoms. The number of ether oxygens (including phenoxy) is 1. The van der Waals surface area contributed by atoms with Crippen LogP contribution in [0.3, 0.4) is 0 Å². The van der Waals surface area contributed by atoms with Gasteiger partial charge in [-0.1, -0.05) is 12.8 Å². The monoisotopic (exact) mass is 317 g/mol. The van der Waals surface area contributed by atoms with E-state index in [4.69, 9.17) is 4.74 Å². The smallest absolute Gasteiger partial charge is 0.378 e. The van der Waals surface area contributed by atoms with Crippen molar-refractivity contribution in [2.75, 3.05) is 12.4 Å². The Hall–Kier alpha value is -0.340. The van der Waals surface area contributed by atoms with Gasteiger partial charge in [0.2, 0.25) is 10.0 Å². The summed E-state index contributed by atoms with van der Waals surface area (Å²) in [6.45, 7) is 3.51. The normalized spacial score (nSPS) is 25.1. The van der Waals surface area contributed by atoms with Crippen molar-refractivity contribution in [3.05, 3.63) is 0 Å². The van der Waals surface area contributed by atoms with Gasteiger partial charge < -0.3 is 4.74 Å². The van der Waals surface area contributed by atoms with E-state index >= 15 is 0 Å². The van der Waals surface area contributed by atoms with E-state index in [1.807, 2.05) is 0 Å². The fourth-order valence-corrected chi connectivity index (χ4v) is 3.52. The molecule has 1 aliphatic carbocycles. The Bertz CT molecular complexity index is 395. The number of nitrogens with one attached hydrogen (secondary N) is 1. The quantitative estimate of drug-likeness (QED) is 0.819. The number of halogens is 3. The Kier molecular flexibility index (Phi) is 6.27. The molecular weight excluding hydrogens is 295 g/mol. The molecule has 0 aromatic rings. The lowest BCUT2D eigenvalue weighted by Gasteiger charge is -2.33. The molecule has 2 atom stereocenters. The van der Waals surface area contributed by atoms with Crippen LogP contribution in [0.2, 0.25) is 0 Å². The first-order chi connectivity index (χ1) is 9.12. The molecule has 4 nitrogen and oxygen atoms in total. The Morgan fingerprint density at radius 1 is 1.25 bits per heavy atom. The largest absolute Gasteiger partial charge is 0.393 e. The van der Waals surface area contributed by atoms with Crippen LogP contribution in [-0.4, -0.2) is 39.1 Å². The lowest BCUT2D eigenvalue weighted by atomic mass is 9.85. The summed E-state index contributed by atoms with van der Waals surface area (Å²) in [4.78, 5) is 0. The van der Waals surface area contributed by atoms with Gasteiger partial charge in [-0.15, -0.1) is 0 Å². The molecule has 1 N–H and O–H groups in total. The molecule has 1 fully saturated rings. The third-order valence-electron chi connectivity index (χ3n) is 3.32. The average molecular weight is 317 g/mol. The molecule has 0 unspecified atom stereocenters. The summed E-state index contributed by atoms with van der Waals surface area (Å²) in [5.74, 6) is -1.90. The van der Waals surface area contributed by atoms with Crippen molar-refractivity contribution in [1.29, 1.82) is 0 Å². The molecule has 0 heterocycles. The molecule has 1 saturated carbocycles. The predicted molar refractivity (Wildman–Crippen MR) is 69.8 cm³/mol. The molecule has 120 valence electrons. The second kappa shape index (κ2) is 7.09. The van der Waals surface area contributed by atoms with E-state index in [2.05, 4.69) is 4.72 Å². The molecule has 0 aromatic heterocycles. The molecule has 0 aromatic carbocycles. The first kappa shape index (κ1) is 17.7. The van der Waals surface area contributed by atoms with Gasteiger partial charge in [0.15, 0.2) is 0 Å². The van der Waals surface area contributed by atoms with Crippen LogP contribution < -0.4 is 4.72 Å². The van der Waals surface area contributed by atoms with Gasteiger partial charge >= 0.3 is 6.18 Å². The molecule has 8 heteroatoms. The minimum atomic E-state index is -4.36. The zero-order valence-electron chi connectivity index (χ0n) is 11.7. The maximum Gasteiger partial charge on any atom is 0.393 e. The van der Waals surface area contributed by atoms with E-state index < -0.39 is 28.2 Å². The Morgan fingerprint density at radius 2 is 1.85 bits per heavy atom. The van der Waals surface area contributed by atoms with Crippen LogP contribution in [0.5, 0.6) is 0 Å².